The molecular formula is C19H20N2O3. The van der Waals surface area contributed by atoms with Crippen LogP contribution in [0.3, 0.4) is 0 Å². The average molecular weight is 324 g/mol. The molecule has 0 bridgehead atoms. The number of carboxylic acids is 1. The Hall–Kier alpha value is -2.66. The van der Waals surface area contributed by atoms with Gasteiger partial charge in [0.05, 0.1) is 6.54 Å². The predicted octanol–water partition coefficient (Wildman–Crippen LogP) is 2.84. The Balaban J connectivity index is 1.72. The maximum atomic E-state index is 12.4. The van der Waals surface area contributed by atoms with E-state index in [1.807, 2.05) is 54.6 Å². The van der Waals surface area contributed by atoms with Crippen molar-refractivity contribution in [3.05, 3.63) is 54.6 Å². The second-order valence-corrected chi connectivity index (χ2v) is 5.93. The third kappa shape index (κ3) is 3.63. The second-order valence-electron chi connectivity index (χ2n) is 5.93. The van der Waals surface area contributed by atoms with E-state index in [1.165, 1.54) is 0 Å². The molecule has 2 aromatic rings. The van der Waals surface area contributed by atoms with Crippen LogP contribution in [-0.2, 0) is 9.59 Å². The number of nitrogens with zero attached hydrogens (tertiary/aromatic N) is 1. The molecule has 1 amide bonds. The monoisotopic (exact) mass is 324 g/mol. The lowest BCUT2D eigenvalue weighted by Crippen LogP contribution is -2.40. The number of hydrogen-bond donors (Lipinski definition) is 2. The number of para-hydroxylation sites is 1. The van der Waals surface area contributed by atoms with E-state index in [0.717, 1.165) is 23.2 Å². The van der Waals surface area contributed by atoms with Crippen molar-refractivity contribution in [1.29, 1.82) is 0 Å². The number of aliphatic carboxylic acids is 1. The second kappa shape index (κ2) is 7.27. The molecule has 5 nitrogen and oxygen atoms in total. The Labute approximate surface area is 140 Å². The highest BCUT2D eigenvalue weighted by Crippen LogP contribution is 2.27. The zero-order valence-corrected chi connectivity index (χ0v) is 13.3. The van der Waals surface area contributed by atoms with Crippen LogP contribution in [0.1, 0.15) is 12.8 Å². The summed E-state index contributed by atoms with van der Waals surface area (Å²) in [6, 6.07) is 16.9. The van der Waals surface area contributed by atoms with Gasteiger partial charge in [0.25, 0.3) is 0 Å². The van der Waals surface area contributed by atoms with Crippen LogP contribution in [0.5, 0.6) is 0 Å². The van der Waals surface area contributed by atoms with Crippen molar-refractivity contribution in [2.24, 2.45) is 0 Å². The first-order valence-corrected chi connectivity index (χ1v) is 8.06. The molecule has 1 saturated heterocycles. The van der Waals surface area contributed by atoms with E-state index in [2.05, 4.69) is 5.32 Å². The topological polar surface area (TPSA) is 69.6 Å². The lowest BCUT2D eigenvalue weighted by molar-refractivity contribution is -0.142. The number of hydrogen-bond acceptors (Lipinski definition) is 3. The van der Waals surface area contributed by atoms with Crippen LogP contribution in [0.4, 0.5) is 5.69 Å². The number of benzene rings is 2. The number of amides is 1. The molecule has 1 aliphatic rings. The van der Waals surface area contributed by atoms with Crippen LogP contribution < -0.4 is 5.32 Å². The molecule has 1 fully saturated rings. The van der Waals surface area contributed by atoms with Gasteiger partial charge in [-0.3, -0.25) is 14.5 Å². The van der Waals surface area contributed by atoms with Crippen molar-refractivity contribution in [2.75, 3.05) is 18.4 Å². The molecule has 0 spiro atoms. The molecule has 1 atom stereocenters. The Bertz CT molecular complexity index is 730. The molecule has 5 heteroatoms. The molecular weight excluding hydrogens is 304 g/mol. The van der Waals surface area contributed by atoms with Crippen molar-refractivity contribution < 1.29 is 14.7 Å². The summed E-state index contributed by atoms with van der Waals surface area (Å²) in [5.74, 6) is -1.04. The van der Waals surface area contributed by atoms with Gasteiger partial charge < -0.3 is 10.4 Å². The number of anilines is 1. The smallest absolute Gasteiger partial charge is 0.320 e. The third-order valence-corrected chi connectivity index (χ3v) is 4.28. The molecule has 3 rings (SSSR count). The predicted molar refractivity (Wildman–Crippen MR) is 92.7 cm³/mol. The standard InChI is InChI=1S/C19H20N2O3/c22-18(13-21-12-6-11-17(21)19(23)24)20-16-10-5-4-9-15(16)14-7-2-1-3-8-14/h1-5,7-10,17H,6,11-13H2,(H,20,22)(H,23,24)/t17-/m1/s1. The molecule has 0 radical (unpaired) electrons. The summed E-state index contributed by atoms with van der Waals surface area (Å²) < 4.78 is 0. The fourth-order valence-corrected chi connectivity index (χ4v) is 3.13. The summed E-state index contributed by atoms with van der Waals surface area (Å²) >= 11 is 0. The molecule has 1 heterocycles. The number of nitrogens with one attached hydrogen (secondary N) is 1. The van der Waals surface area contributed by atoms with Crippen molar-refractivity contribution in [2.45, 2.75) is 18.9 Å². The molecule has 0 aliphatic carbocycles. The van der Waals surface area contributed by atoms with E-state index in [1.54, 1.807) is 4.90 Å². The van der Waals surface area contributed by atoms with Crippen LogP contribution in [0.25, 0.3) is 11.1 Å². The quantitative estimate of drug-likeness (QED) is 0.887. The lowest BCUT2D eigenvalue weighted by Gasteiger charge is -2.20. The third-order valence-electron chi connectivity index (χ3n) is 4.28. The normalized spacial score (nSPS) is 17.6. The van der Waals surface area contributed by atoms with Crippen LogP contribution in [0.2, 0.25) is 0 Å². The Morgan fingerprint density at radius 1 is 1.08 bits per heavy atom. The summed E-state index contributed by atoms with van der Waals surface area (Å²) in [7, 11) is 0. The minimum Gasteiger partial charge on any atom is -0.480 e. The molecule has 0 saturated carbocycles. The zero-order chi connectivity index (χ0) is 16.9. The molecule has 24 heavy (non-hydrogen) atoms. The van der Waals surface area contributed by atoms with E-state index in [4.69, 9.17) is 0 Å². The Morgan fingerprint density at radius 2 is 1.79 bits per heavy atom. The number of carboxylic acid groups (broad SMARTS) is 1. The van der Waals surface area contributed by atoms with Crippen LogP contribution in [0, 0.1) is 0 Å². The minimum absolute atomic E-state index is 0.0973. The summed E-state index contributed by atoms with van der Waals surface area (Å²) in [6.07, 6.45) is 1.41. The van der Waals surface area contributed by atoms with Crippen molar-refractivity contribution in [3.8, 4) is 11.1 Å². The SMILES string of the molecule is O=C(CN1CCC[C@@H]1C(=O)O)Nc1ccccc1-c1ccccc1. The minimum atomic E-state index is -0.856. The Morgan fingerprint density at radius 3 is 2.54 bits per heavy atom. The van der Waals surface area contributed by atoms with Crippen molar-refractivity contribution in [1.82, 2.24) is 4.90 Å². The fourth-order valence-electron chi connectivity index (χ4n) is 3.13. The van der Waals surface area contributed by atoms with Crippen molar-refractivity contribution in [3.63, 3.8) is 0 Å². The summed E-state index contributed by atoms with van der Waals surface area (Å²) in [6.45, 7) is 0.741. The van der Waals surface area contributed by atoms with Gasteiger partial charge in [0, 0.05) is 11.3 Å². The van der Waals surface area contributed by atoms with Gasteiger partial charge >= 0.3 is 5.97 Å². The summed E-state index contributed by atoms with van der Waals surface area (Å²) in [5.41, 5.74) is 2.71. The highest BCUT2D eigenvalue weighted by molar-refractivity contribution is 5.96. The first kappa shape index (κ1) is 16.2. The van der Waals surface area contributed by atoms with E-state index in [0.29, 0.717) is 13.0 Å². The first-order chi connectivity index (χ1) is 11.6. The van der Waals surface area contributed by atoms with Crippen LogP contribution in [-0.4, -0.2) is 41.0 Å². The van der Waals surface area contributed by atoms with E-state index in [9.17, 15) is 14.7 Å². The Kier molecular flexibility index (Phi) is 4.91. The van der Waals surface area contributed by atoms with Gasteiger partial charge in [-0.25, -0.2) is 0 Å². The van der Waals surface area contributed by atoms with E-state index in [-0.39, 0.29) is 12.5 Å². The molecule has 0 unspecified atom stereocenters. The van der Waals surface area contributed by atoms with Gasteiger partial charge in [-0.15, -0.1) is 0 Å². The fraction of sp³-hybridized carbons (Fsp3) is 0.263. The number of rotatable bonds is 5. The molecule has 124 valence electrons. The molecule has 2 N–H and O–H groups in total. The molecule has 1 aliphatic heterocycles. The highest BCUT2D eigenvalue weighted by Gasteiger charge is 2.31. The van der Waals surface area contributed by atoms with Gasteiger partial charge in [0.1, 0.15) is 6.04 Å². The molecule has 2 aromatic carbocycles. The largest absolute Gasteiger partial charge is 0.480 e. The van der Waals surface area contributed by atoms with Gasteiger partial charge in [-0.05, 0) is 31.0 Å². The van der Waals surface area contributed by atoms with Gasteiger partial charge in [0.2, 0.25) is 5.91 Å². The van der Waals surface area contributed by atoms with Crippen LogP contribution in [0.15, 0.2) is 54.6 Å². The molecule has 0 aromatic heterocycles. The average Bonchev–Trinajstić information content (AvgIpc) is 3.04. The van der Waals surface area contributed by atoms with E-state index >= 15 is 0 Å². The zero-order valence-electron chi connectivity index (χ0n) is 13.3. The summed E-state index contributed by atoms with van der Waals surface area (Å²) in [5, 5.41) is 12.1. The van der Waals surface area contributed by atoms with Crippen molar-refractivity contribution >= 4 is 17.6 Å². The first-order valence-electron chi connectivity index (χ1n) is 8.06. The van der Waals surface area contributed by atoms with Gasteiger partial charge in [-0.2, -0.15) is 0 Å². The number of carbonyl (C=O) groups is 2. The lowest BCUT2D eigenvalue weighted by atomic mass is 10.0. The van der Waals surface area contributed by atoms with E-state index < -0.39 is 12.0 Å². The maximum Gasteiger partial charge on any atom is 0.320 e. The number of likely N-dealkylation sites (tertiary alicyclic amines) is 1. The van der Waals surface area contributed by atoms with Gasteiger partial charge in [0.15, 0.2) is 0 Å². The van der Waals surface area contributed by atoms with Gasteiger partial charge in [-0.1, -0.05) is 48.5 Å². The maximum absolute atomic E-state index is 12.4. The summed E-state index contributed by atoms with van der Waals surface area (Å²) in [4.78, 5) is 25.3. The highest BCUT2D eigenvalue weighted by atomic mass is 16.4. The number of carbonyl (C=O) groups excluding carboxylic acids is 1. The van der Waals surface area contributed by atoms with Crippen LogP contribution >= 0.6 is 0 Å².